The molecule has 3 atom stereocenters. The minimum absolute atomic E-state index is 0.290. The van der Waals surface area contributed by atoms with Gasteiger partial charge in [0.05, 0.1) is 0 Å². The van der Waals surface area contributed by atoms with E-state index in [0.717, 1.165) is 44.7 Å². The Labute approximate surface area is 132 Å². The first-order valence-electron chi connectivity index (χ1n) is 8.52. The summed E-state index contributed by atoms with van der Waals surface area (Å²) in [4.78, 5) is 16.4. The normalized spacial score (nSPS) is 30.4. The number of rotatable bonds is 4. The number of carbonyl (C=O) groups excluding carboxylic acids is 1. The maximum Gasteiger partial charge on any atom is 0.137 e. The minimum Gasteiger partial charge on any atom is -0.299 e. The van der Waals surface area contributed by atoms with Gasteiger partial charge in [-0.2, -0.15) is 0 Å². The van der Waals surface area contributed by atoms with E-state index in [0.29, 0.717) is 11.8 Å². The van der Waals surface area contributed by atoms with Gasteiger partial charge in [0.15, 0.2) is 0 Å². The quantitative estimate of drug-likeness (QED) is 0.819. The zero-order valence-electron chi connectivity index (χ0n) is 13.3. The highest BCUT2D eigenvalue weighted by atomic mass is 32.1. The molecule has 21 heavy (non-hydrogen) atoms. The van der Waals surface area contributed by atoms with Gasteiger partial charge in [0.25, 0.3) is 0 Å². The third kappa shape index (κ3) is 3.24. The van der Waals surface area contributed by atoms with E-state index < -0.39 is 0 Å². The van der Waals surface area contributed by atoms with Crippen molar-refractivity contribution >= 4 is 17.1 Å². The van der Waals surface area contributed by atoms with Crippen molar-refractivity contribution in [2.45, 2.75) is 58.4 Å². The Kier molecular flexibility index (Phi) is 4.80. The number of thiophene rings is 1. The standard InChI is InChI=1S/C18H27NOS/c1-3-4-14-5-6-17(20)15(11-14)12-19-9-7-18-16(13(19)2)8-10-21-18/h8,10,13-15H,3-7,9,11-12H2,1-2H3. The fraction of sp³-hybridized carbons (Fsp3) is 0.722. The average Bonchev–Trinajstić information content (AvgIpc) is 2.95. The molecule has 3 heteroatoms. The van der Waals surface area contributed by atoms with E-state index in [1.807, 2.05) is 11.3 Å². The van der Waals surface area contributed by atoms with Crippen molar-refractivity contribution in [3.63, 3.8) is 0 Å². The second-order valence-electron chi connectivity index (χ2n) is 6.81. The summed E-state index contributed by atoms with van der Waals surface area (Å²) < 4.78 is 0. The predicted octanol–water partition coefficient (Wildman–Crippen LogP) is 4.45. The lowest BCUT2D eigenvalue weighted by Gasteiger charge is -2.38. The molecule has 2 aliphatic rings. The van der Waals surface area contributed by atoms with Gasteiger partial charge in [0.1, 0.15) is 5.78 Å². The van der Waals surface area contributed by atoms with E-state index in [1.54, 1.807) is 4.88 Å². The highest BCUT2D eigenvalue weighted by Gasteiger charge is 2.32. The Balaban J connectivity index is 1.64. The number of hydrogen-bond acceptors (Lipinski definition) is 3. The molecule has 116 valence electrons. The van der Waals surface area contributed by atoms with Crippen LogP contribution >= 0.6 is 11.3 Å². The van der Waals surface area contributed by atoms with Crippen molar-refractivity contribution < 1.29 is 4.79 Å². The summed E-state index contributed by atoms with van der Waals surface area (Å²) in [6, 6.07) is 2.76. The summed E-state index contributed by atoms with van der Waals surface area (Å²) in [6.07, 6.45) is 6.80. The number of fused-ring (bicyclic) bond motifs is 1. The summed E-state index contributed by atoms with van der Waals surface area (Å²) in [6.45, 7) is 6.67. The Bertz CT molecular complexity index is 495. The van der Waals surface area contributed by atoms with Crippen LogP contribution in [0.3, 0.4) is 0 Å². The summed E-state index contributed by atoms with van der Waals surface area (Å²) in [5.41, 5.74) is 1.50. The van der Waals surface area contributed by atoms with Crippen molar-refractivity contribution in [1.29, 1.82) is 0 Å². The van der Waals surface area contributed by atoms with Gasteiger partial charge in [-0.1, -0.05) is 19.8 Å². The zero-order chi connectivity index (χ0) is 14.8. The van der Waals surface area contributed by atoms with Gasteiger partial charge >= 0.3 is 0 Å². The van der Waals surface area contributed by atoms with Gasteiger partial charge in [-0.15, -0.1) is 11.3 Å². The first-order valence-corrected chi connectivity index (χ1v) is 9.40. The van der Waals surface area contributed by atoms with Crippen LogP contribution < -0.4 is 0 Å². The molecule has 2 heterocycles. The summed E-state index contributed by atoms with van der Waals surface area (Å²) in [5.74, 6) is 1.60. The molecule has 0 aromatic carbocycles. The summed E-state index contributed by atoms with van der Waals surface area (Å²) >= 11 is 1.89. The van der Waals surface area contributed by atoms with Crippen LogP contribution in [0.15, 0.2) is 11.4 Å². The molecule has 1 aliphatic heterocycles. The molecule has 3 rings (SSSR count). The highest BCUT2D eigenvalue weighted by molar-refractivity contribution is 7.10. The summed E-state index contributed by atoms with van der Waals surface area (Å²) in [5, 5.41) is 2.22. The lowest BCUT2D eigenvalue weighted by Crippen LogP contribution is -2.40. The molecule has 0 radical (unpaired) electrons. The molecule has 3 unspecified atom stereocenters. The number of nitrogens with zero attached hydrogens (tertiary/aromatic N) is 1. The first kappa shape index (κ1) is 15.2. The van der Waals surface area contributed by atoms with Crippen molar-refractivity contribution in [1.82, 2.24) is 4.90 Å². The number of carbonyl (C=O) groups is 1. The Morgan fingerprint density at radius 3 is 3.05 bits per heavy atom. The van der Waals surface area contributed by atoms with Crippen LogP contribution in [0.4, 0.5) is 0 Å². The van der Waals surface area contributed by atoms with Crippen LogP contribution in [0.1, 0.15) is 62.4 Å². The molecule has 0 amide bonds. The third-order valence-electron chi connectivity index (χ3n) is 5.43. The first-order chi connectivity index (χ1) is 10.2. The molecule has 1 fully saturated rings. The molecule has 0 spiro atoms. The maximum atomic E-state index is 12.3. The van der Waals surface area contributed by atoms with E-state index in [9.17, 15) is 4.79 Å². The molecule has 2 nitrogen and oxygen atoms in total. The van der Waals surface area contributed by atoms with Gasteiger partial charge in [0, 0.05) is 36.3 Å². The van der Waals surface area contributed by atoms with Gasteiger partial charge in [-0.3, -0.25) is 9.69 Å². The van der Waals surface area contributed by atoms with Crippen molar-refractivity contribution in [3.05, 3.63) is 21.9 Å². The highest BCUT2D eigenvalue weighted by Crippen LogP contribution is 2.36. The fourth-order valence-electron chi connectivity index (χ4n) is 4.14. The smallest absolute Gasteiger partial charge is 0.137 e. The Morgan fingerprint density at radius 1 is 1.38 bits per heavy atom. The lowest BCUT2D eigenvalue weighted by atomic mass is 9.78. The largest absolute Gasteiger partial charge is 0.299 e. The topological polar surface area (TPSA) is 20.3 Å². The fourth-order valence-corrected chi connectivity index (χ4v) is 5.11. The van der Waals surface area contributed by atoms with Crippen LogP contribution in [0.2, 0.25) is 0 Å². The maximum absolute atomic E-state index is 12.3. The lowest BCUT2D eigenvalue weighted by molar-refractivity contribution is -0.126. The average molecular weight is 305 g/mol. The minimum atomic E-state index is 0.290. The number of Topliss-reactive ketones (excluding diaryl/α,β-unsaturated/α-hetero) is 1. The molecule has 0 bridgehead atoms. The second kappa shape index (κ2) is 6.62. The molecule has 1 saturated carbocycles. The monoisotopic (exact) mass is 305 g/mol. The second-order valence-corrected chi connectivity index (χ2v) is 7.81. The zero-order valence-corrected chi connectivity index (χ0v) is 14.1. The van der Waals surface area contributed by atoms with E-state index in [4.69, 9.17) is 0 Å². The van der Waals surface area contributed by atoms with Crippen LogP contribution in [0.5, 0.6) is 0 Å². The van der Waals surface area contributed by atoms with Crippen LogP contribution in [0, 0.1) is 11.8 Å². The van der Waals surface area contributed by atoms with Crippen molar-refractivity contribution in [2.24, 2.45) is 11.8 Å². The molecule has 1 aromatic heterocycles. The van der Waals surface area contributed by atoms with E-state index in [-0.39, 0.29) is 5.92 Å². The van der Waals surface area contributed by atoms with Crippen molar-refractivity contribution in [2.75, 3.05) is 13.1 Å². The SMILES string of the molecule is CCCC1CCC(=O)C(CN2CCc3sccc3C2C)C1. The molecule has 0 saturated heterocycles. The van der Waals surface area contributed by atoms with Crippen molar-refractivity contribution in [3.8, 4) is 0 Å². The van der Waals surface area contributed by atoms with Crippen LogP contribution in [-0.4, -0.2) is 23.8 Å². The van der Waals surface area contributed by atoms with Gasteiger partial charge in [-0.25, -0.2) is 0 Å². The summed E-state index contributed by atoms with van der Waals surface area (Å²) in [7, 11) is 0. The molecule has 1 aromatic rings. The van der Waals surface area contributed by atoms with Gasteiger partial charge < -0.3 is 0 Å². The van der Waals surface area contributed by atoms with E-state index >= 15 is 0 Å². The molecular formula is C18H27NOS. The van der Waals surface area contributed by atoms with Crippen LogP contribution in [0.25, 0.3) is 0 Å². The van der Waals surface area contributed by atoms with E-state index in [2.05, 4.69) is 30.2 Å². The molecular weight excluding hydrogens is 278 g/mol. The third-order valence-corrected chi connectivity index (χ3v) is 6.42. The Hall–Kier alpha value is -0.670. The van der Waals surface area contributed by atoms with Gasteiger partial charge in [-0.05, 0) is 49.1 Å². The van der Waals surface area contributed by atoms with E-state index in [1.165, 1.54) is 18.4 Å². The molecule has 1 aliphatic carbocycles. The Morgan fingerprint density at radius 2 is 2.24 bits per heavy atom. The predicted molar refractivity (Wildman–Crippen MR) is 88.8 cm³/mol. The van der Waals surface area contributed by atoms with Crippen LogP contribution in [-0.2, 0) is 11.2 Å². The molecule has 0 N–H and O–H groups in total. The number of hydrogen-bond donors (Lipinski definition) is 0. The van der Waals surface area contributed by atoms with Gasteiger partial charge in [0.2, 0.25) is 0 Å². The number of ketones is 1.